The Balaban J connectivity index is 2.12. The van der Waals surface area contributed by atoms with Crippen LogP contribution in [-0.2, 0) is 19.7 Å². The first kappa shape index (κ1) is 13.3. The molecule has 3 rings (SSSR count). The van der Waals surface area contributed by atoms with E-state index < -0.39 is 10.2 Å². The maximum Gasteiger partial charge on any atom is 0.344 e. The van der Waals surface area contributed by atoms with Crippen molar-refractivity contribution in [3.63, 3.8) is 0 Å². The first-order valence-corrected chi connectivity index (χ1v) is 7.61. The highest BCUT2D eigenvalue weighted by Crippen LogP contribution is 2.37. The van der Waals surface area contributed by atoms with Gasteiger partial charge in [-0.15, -0.1) is 4.40 Å². The van der Waals surface area contributed by atoms with Crippen LogP contribution in [0.25, 0.3) is 0 Å². The van der Waals surface area contributed by atoms with Gasteiger partial charge in [-0.2, -0.15) is 8.42 Å². The van der Waals surface area contributed by atoms with E-state index in [1.54, 1.807) is 19.2 Å². The highest BCUT2D eigenvalue weighted by Gasteiger charge is 2.34. The first-order chi connectivity index (χ1) is 9.52. The number of ether oxygens (including phenoxy) is 2. The number of hydrogen-bond donors (Lipinski definition) is 2. The summed E-state index contributed by atoms with van der Waals surface area (Å²) in [5.41, 5.74) is 7.76. The van der Waals surface area contributed by atoms with E-state index in [2.05, 4.69) is 9.12 Å². The van der Waals surface area contributed by atoms with Gasteiger partial charge in [0.2, 0.25) is 0 Å². The zero-order valence-corrected chi connectivity index (χ0v) is 11.7. The van der Waals surface area contributed by atoms with E-state index in [0.717, 1.165) is 12.0 Å². The van der Waals surface area contributed by atoms with Gasteiger partial charge in [0.1, 0.15) is 5.84 Å². The van der Waals surface area contributed by atoms with Crippen molar-refractivity contribution in [2.75, 3.05) is 18.4 Å². The van der Waals surface area contributed by atoms with Crippen molar-refractivity contribution in [1.29, 1.82) is 0 Å². The van der Waals surface area contributed by atoms with Gasteiger partial charge in [0.05, 0.1) is 12.3 Å². The van der Waals surface area contributed by atoms with Crippen LogP contribution in [0.2, 0.25) is 0 Å². The Hall–Kier alpha value is -1.64. The molecule has 1 saturated heterocycles. The molecule has 8 heteroatoms. The number of anilines is 1. The zero-order valence-electron chi connectivity index (χ0n) is 10.9. The monoisotopic (exact) mass is 297 g/mol. The average Bonchev–Trinajstić information content (AvgIpc) is 2.84. The van der Waals surface area contributed by atoms with Crippen LogP contribution in [-0.4, -0.2) is 34.3 Å². The van der Waals surface area contributed by atoms with E-state index in [-0.39, 0.29) is 18.0 Å². The maximum absolute atomic E-state index is 11.5. The summed E-state index contributed by atoms with van der Waals surface area (Å²) >= 11 is 0. The van der Waals surface area contributed by atoms with Crippen molar-refractivity contribution in [2.24, 2.45) is 10.1 Å². The van der Waals surface area contributed by atoms with E-state index in [9.17, 15) is 8.42 Å². The lowest BCUT2D eigenvalue weighted by Crippen LogP contribution is -2.29. The van der Waals surface area contributed by atoms with E-state index >= 15 is 0 Å². The van der Waals surface area contributed by atoms with Crippen LogP contribution in [0.5, 0.6) is 0 Å². The summed E-state index contributed by atoms with van der Waals surface area (Å²) in [6.45, 7) is 0.593. The molecule has 20 heavy (non-hydrogen) atoms. The molecule has 1 fully saturated rings. The fourth-order valence-electron chi connectivity index (χ4n) is 2.68. The third kappa shape index (κ3) is 2.15. The standard InChI is InChI=1S/C12H15N3O4S/c1-18-12-8(5-6-19-12)7-3-2-4-9-10(7)11(13)15-20(16,17)14-9/h2-4,8,12,14H,5-6H2,1H3,(H2,13,15). The molecule has 108 valence electrons. The van der Waals surface area contributed by atoms with Gasteiger partial charge >= 0.3 is 10.2 Å². The van der Waals surface area contributed by atoms with Crippen LogP contribution in [0.15, 0.2) is 22.6 Å². The Morgan fingerprint density at radius 3 is 3.05 bits per heavy atom. The summed E-state index contributed by atoms with van der Waals surface area (Å²) in [6.07, 6.45) is 0.433. The molecule has 0 amide bonds. The predicted octanol–water partition coefficient (Wildman–Crippen LogP) is 0.539. The number of rotatable bonds is 2. The molecular weight excluding hydrogens is 282 g/mol. The molecule has 0 bridgehead atoms. The fourth-order valence-corrected chi connectivity index (χ4v) is 3.53. The van der Waals surface area contributed by atoms with Crippen LogP contribution in [0.4, 0.5) is 5.69 Å². The van der Waals surface area contributed by atoms with E-state index in [1.165, 1.54) is 0 Å². The van der Waals surface area contributed by atoms with Gasteiger partial charge < -0.3 is 15.2 Å². The van der Waals surface area contributed by atoms with E-state index in [4.69, 9.17) is 15.2 Å². The Bertz CT molecular complexity index is 671. The quantitative estimate of drug-likeness (QED) is 0.829. The third-order valence-electron chi connectivity index (χ3n) is 3.48. The van der Waals surface area contributed by atoms with Crippen LogP contribution in [0.1, 0.15) is 23.5 Å². The van der Waals surface area contributed by atoms with Gasteiger partial charge in [0.15, 0.2) is 6.29 Å². The normalized spacial score (nSPS) is 27.6. The molecule has 2 atom stereocenters. The Kier molecular flexibility index (Phi) is 3.15. The second-order valence-corrected chi connectivity index (χ2v) is 6.03. The molecule has 0 aliphatic carbocycles. The van der Waals surface area contributed by atoms with Gasteiger partial charge in [0.25, 0.3) is 0 Å². The van der Waals surface area contributed by atoms with Crippen molar-refractivity contribution >= 4 is 21.7 Å². The minimum absolute atomic E-state index is 0.00361. The van der Waals surface area contributed by atoms with E-state index in [1.807, 2.05) is 6.07 Å². The molecular formula is C12H15N3O4S. The Morgan fingerprint density at radius 1 is 1.50 bits per heavy atom. The van der Waals surface area contributed by atoms with Gasteiger partial charge in [-0.25, -0.2) is 0 Å². The van der Waals surface area contributed by atoms with Gasteiger partial charge in [0, 0.05) is 18.6 Å². The maximum atomic E-state index is 11.5. The number of fused-ring (bicyclic) bond motifs is 1. The van der Waals surface area contributed by atoms with Crippen molar-refractivity contribution in [1.82, 2.24) is 0 Å². The van der Waals surface area contributed by atoms with Crippen LogP contribution in [0, 0.1) is 0 Å². The van der Waals surface area contributed by atoms with Crippen LogP contribution >= 0.6 is 0 Å². The van der Waals surface area contributed by atoms with Gasteiger partial charge in [-0.1, -0.05) is 12.1 Å². The molecule has 0 aromatic heterocycles. The second-order valence-electron chi connectivity index (χ2n) is 4.69. The second kappa shape index (κ2) is 4.72. The van der Waals surface area contributed by atoms with Crippen LogP contribution < -0.4 is 10.5 Å². The first-order valence-electron chi connectivity index (χ1n) is 6.17. The lowest BCUT2D eigenvalue weighted by molar-refractivity contribution is -0.0963. The summed E-state index contributed by atoms with van der Waals surface area (Å²) in [7, 11) is -2.17. The van der Waals surface area contributed by atoms with Crippen molar-refractivity contribution < 1.29 is 17.9 Å². The molecule has 0 spiro atoms. The lowest BCUT2D eigenvalue weighted by Gasteiger charge is -2.24. The van der Waals surface area contributed by atoms with Crippen molar-refractivity contribution in [3.8, 4) is 0 Å². The fraction of sp³-hybridized carbons (Fsp3) is 0.417. The van der Waals surface area contributed by atoms with Gasteiger partial charge in [-0.3, -0.25) is 4.72 Å². The molecule has 3 N–H and O–H groups in total. The molecule has 1 aromatic rings. The molecule has 1 aromatic carbocycles. The number of nitrogens with one attached hydrogen (secondary N) is 1. The molecule has 2 unspecified atom stereocenters. The number of methoxy groups -OCH3 is 1. The number of hydrogen-bond acceptors (Lipinski definition) is 5. The molecule has 0 saturated carbocycles. The summed E-state index contributed by atoms with van der Waals surface area (Å²) in [6, 6.07) is 5.34. The zero-order chi connectivity index (χ0) is 14.3. The highest BCUT2D eigenvalue weighted by molar-refractivity contribution is 7.91. The Labute approximate surface area is 117 Å². The number of amidine groups is 1. The molecule has 2 heterocycles. The SMILES string of the molecule is COC1OCCC1c1cccc2c1C(N)=NS(=O)(=O)N2. The summed E-state index contributed by atoms with van der Waals surface area (Å²) in [5.74, 6) is 0.00223. The minimum atomic E-state index is -3.75. The highest BCUT2D eigenvalue weighted by atomic mass is 32.2. The summed E-state index contributed by atoms with van der Waals surface area (Å²) in [5, 5.41) is 0. The smallest absolute Gasteiger partial charge is 0.344 e. The predicted molar refractivity (Wildman–Crippen MR) is 73.8 cm³/mol. The third-order valence-corrected chi connectivity index (χ3v) is 4.40. The molecule has 0 radical (unpaired) electrons. The molecule has 2 aliphatic rings. The van der Waals surface area contributed by atoms with Gasteiger partial charge in [-0.05, 0) is 18.1 Å². The van der Waals surface area contributed by atoms with Crippen LogP contribution in [0.3, 0.4) is 0 Å². The topological polar surface area (TPSA) is 103 Å². The lowest BCUT2D eigenvalue weighted by atomic mass is 9.91. The van der Waals surface area contributed by atoms with Crippen molar-refractivity contribution in [3.05, 3.63) is 29.3 Å². The number of nitrogens with zero attached hydrogens (tertiary/aromatic N) is 1. The molecule has 7 nitrogen and oxygen atoms in total. The summed E-state index contributed by atoms with van der Waals surface area (Å²) < 4.78 is 39.8. The molecule has 2 aliphatic heterocycles. The number of nitrogens with two attached hydrogens (primary N) is 1. The van der Waals surface area contributed by atoms with E-state index in [0.29, 0.717) is 17.9 Å². The minimum Gasteiger partial charge on any atom is -0.382 e. The van der Waals surface area contributed by atoms with Crippen molar-refractivity contribution in [2.45, 2.75) is 18.6 Å². The average molecular weight is 297 g/mol. The Morgan fingerprint density at radius 2 is 2.30 bits per heavy atom. The summed E-state index contributed by atoms with van der Waals surface area (Å²) in [4.78, 5) is 0. The largest absolute Gasteiger partial charge is 0.382 e. The number of benzene rings is 1.